The molecule has 3 unspecified atom stereocenters. The Balaban J connectivity index is 1.97. The third-order valence-electron chi connectivity index (χ3n) is 4.82. The van der Waals surface area contributed by atoms with Gasteiger partial charge in [0.15, 0.2) is 0 Å². The minimum absolute atomic E-state index is 0.215. The molecule has 1 aromatic rings. The lowest BCUT2D eigenvalue weighted by Crippen LogP contribution is -2.60. The first-order chi connectivity index (χ1) is 9.36. The SMILES string of the molecule is COC1CC(NC(C)c2ccc(N(C)C)cc2)C1(C)C. The van der Waals surface area contributed by atoms with Crippen LogP contribution in [-0.2, 0) is 4.74 Å². The summed E-state index contributed by atoms with van der Waals surface area (Å²) in [5.74, 6) is 0. The van der Waals surface area contributed by atoms with Crippen LogP contribution in [0.5, 0.6) is 0 Å². The summed E-state index contributed by atoms with van der Waals surface area (Å²) < 4.78 is 5.52. The molecule has 0 heterocycles. The van der Waals surface area contributed by atoms with E-state index in [4.69, 9.17) is 4.74 Å². The van der Waals surface area contributed by atoms with Gasteiger partial charge < -0.3 is 15.0 Å². The van der Waals surface area contributed by atoms with Crippen molar-refractivity contribution in [2.24, 2.45) is 5.41 Å². The molecule has 0 spiro atoms. The molecule has 0 aliphatic heterocycles. The van der Waals surface area contributed by atoms with Gasteiger partial charge in [-0.3, -0.25) is 0 Å². The van der Waals surface area contributed by atoms with Gasteiger partial charge >= 0.3 is 0 Å². The summed E-state index contributed by atoms with van der Waals surface area (Å²) in [7, 11) is 5.95. The van der Waals surface area contributed by atoms with Crippen LogP contribution >= 0.6 is 0 Å². The summed E-state index contributed by atoms with van der Waals surface area (Å²) in [6, 6.07) is 9.68. The highest BCUT2D eigenvalue weighted by Crippen LogP contribution is 2.43. The number of nitrogens with zero attached hydrogens (tertiary/aromatic N) is 1. The summed E-state index contributed by atoms with van der Waals surface area (Å²) in [5, 5.41) is 3.74. The van der Waals surface area contributed by atoms with Gasteiger partial charge in [0.2, 0.25) is 0 Å². The van der Waals surface area contributed by atoms with Crippen molar-refractivity contribution in [3.8, 4) is 0 Å². The molecule has 0 radical (unpaired) electrons. The first kappa shape index (κ1) is 15.3. The van der Waals surface area contributed by atoms with Crippen molar-refractivity contribution in [3.63, 3.8) is 0 Å². The number of anilines is 1. The maximum Gasteiger partial charge on any atom is 0.0652 e. The number of hydrogen-bond acceptors (Lipinski definition) is 3. The average molecular weight is 276 g/mol. The minimum atomic E-state index is 0.215. The maximum absolute atomic E-state index is 5.52. The molecule has 3 heteroatoms. The van der Waals surface area contributed by atoms with Crippen molar-refractivity contribution in [2.75, 3.05) is 26.1 Å². The Kier molecular flexibility index (Phi) is 4.40. The van der Waals surface area contributed by atoms with Crippen LogP contribution in [0.25, 0.3) is 0 Å². The second-order valence-electron chi connectivity index (χ2n) is 6.71. The van der Waals surface area contributed by atoms with Crippen molar-refractivity contribution < 1.29 is 4.74 Å². The number of ether oxygens (including phenoxy) is 1. The molecule has 1 aliphatic rings. The van der Waals surface area contributed by atoms with E-state index in [1.54, 1.807) is 0 Å². The van der Waals surface area contributed by atoms with Gasteiger partial charge in [0, 0.05) is 44.4 Å². The molecule has 1 aromatic carbocycles. The summed E-state index contributed by atoms with van der Waals surface area (Å²) in [4.78, 5) is 2.13. The Labute approximate surface area is 123 Å². The zero-order chi connectivity index (χ0) is 14.9. The van der Waals surface area contributed by atoms with Crippen LogP contribution < -0.4 is 10.2 Å². The quantitative estimate of drug-likeness (QED) is 0.893. The predicted octanol–water partition coefficient (Wildman–Crippen LogP) is 3.22. The summed E-state index contributed by atoms with van der Waals surface area (Å²) >= 11 is 0. The molecule has 20 heavy (non-hydrogen) atoms. The molecule has 0 saturated heterocycles. The molecule has 112 valence electrons. The summed E-state index contributed by atoms with van der Waals surface area (Å²) in [6.45, 7) is 6.80. The third kappa shape index (κ3) is 2.84. The molecule has 2 rings (SSSR count). The normalized spacial score (nSPS) is 25.9. The fourth-order valence-corrected chi connectivity index (χ4v) is 3.03. The van der Waals surface area contributed by atoms with Gasteiger partial charge in [-0.15, -0.1) is 0 Å². The van der Waals surface area contributed by atoms with E-state index in [-0.39, 0.29) is 5.41 Å². The zero-order valence-corrected chi connectivity index (χ0v) is 13.6. The van der Waals surface area contributed by atoms with Crippen molar-refractivity contribution >= 4 is 5.69 Å². The standard InChI is InChI=1S/C17H28N2O/c1-12(13-7-9-14(10-8-13)19(4)5)18-15-11-16(20-6)17(15,2)3/h7-10,12,15-16,18H,11H2,1-6H3. The zero-order valence-electron chi connectivity index (χ0n) is 13.6. The van der Waals surface area contributed by atoms with E-state index in [0.29, 0.717) is 18.2 Å². The first-order valence-corrected chi connectivity index (χ1v) is 7.42. The van der Waals surface area contributed by atoms with Gasteiger partial charge in [0.05, 0.1) is 6.10 Å². The highest BCUT2D eigenvalue weighted by Gasteiger charge is 2.48. The predicted molar refractivity (Wildman–Crippen MR) is 85.3 cm³/mol. The van der Waals surface area contributed by atoms with Crippen molar-refractivity contribution in [2.45, 2.75) is 45.4 Å². The van der Waals surface area contributed by atoms with E-state index in [1.807, 2.05) is 7.11 Å². The number of rotatable bonds is 5. The van der Waals surface area contributed by atoms with E-state index in [2.05, 4.69) is 69.3 Å². The molecular formula is C17H28N2O. The number of benzene rings is 1. The Morgan fingerprint density at radius 1 is 1.25 bits per heavy atom. The lowest BCUT2D eigenvalue weighted by molar-refractivity contribution is -0.0999. The van der Waals surface area contributed by atoms with Gasteiger partial charge in [-0.25, -0.2) is 0 Å². The Morgan fingerprint density at radius 2 is 1.85 bits per heavy atom. The van der Waals surface area contributed by atoms with Crippen molar-refractivity contribution in [1.82, 2.24) is 5.32 Å². The van der Waals surface area contributed by atoms with E-state index in [0.717, 1.165) is 6.42 Å². The number of nitrogens with one attached hydrogen (secondary N) is 1. The minimum Gasteiger partial charge on any atom is -0.381 e. The second kappa shape index (κ2) is 5.74. The molecular weight excluding hydrogens is 248 g/mol. The summed E-state index contributed by atoms with van der Waals surface area (Å²) in [5.41, 5.74) is 2.80. The van der Waals surface area contributed by atoms with Crippen LogP contribution in [0.2, 0.25) is 0 Å². The lowest BCUT2D eigenvalue weighted by atomic mass is 9.64. The molecule has 1 fully saturated rings. The first-order valence-electron chi connectivity index (χ1n) is 7.42. The second-order valence-corrected chi connectivity index (χ2v) is 6.71. The van der Waals surface area contributed by atoms with Crippen LogP contribution in [0, 0.1) is 5.41 Å². The molecule has 1 saturated carbocycles. The monoisotopic (exact) mass is 276 g/mol. The fourth-order valence-electron chi connectivity index (χ4n) is 3.03. The highest BCUT2D eigenvalue weighted by molar-refractivity contribution is 5.46. The fraction of sp³-hybridized carbons (Fsp3) is 0.647. The van der Waals surface area contributed by atoms with Gasteiger partial charge in [-0.2, -0.15) is 0 Å². The molecule has 0 aromatic heterocycles. The van der Waals surface area contributed by atoms with Crippen LogP contribution in [0.4, 0.5) is 5.69 Å². The Hall–Kier alpha value is -1.06. The average Bonchev–Trinajstić information content (AvgIpc) is 2.42. The van der Waals surface area contributed by atoms with E-state index in [9.17, 15) is 0 Å². The maximum atomic E-state index is 5.52. The van der Waals surface area contributed by atoms with Crippen molar-refractivity contribution in [3.05, 3.63) is 29.8 Å². The van der Waals surface area contributed by atoms with Gasteiger partial charge in [0.1, 0.15) is 0 Å². The molecule has 3 nitrogen and oxygen atoms in total. The molecule has 3 atom stereocenters. The topological polar surface area (TPSA) is 24.5 Å². The Bertz CT molecular complexity index is 439. The highest BCUT2D eigenvalue weighted by atomic mass is 16.5. The van der Waals surface area contributed by atoms with E-state index >= 15 is 0 Å². The van der Waals surface area contributed by atoms with E-state index < -0.39 is 0 Å². The Morgan fingerprint density at radius 3 is 2.30 bits per heavy atom. The van der Waals surface area contributed by atoms with Gasteiger partial charge in [-0.1, -0.05) is 26.0 Å². The molecule has 1 aliphatic carbocycles. The lowest BCUT2D eigenvalue weighted by Gasteiger charge is -2.52. The molecule has 0 amide bonds. The number of methoxy groups -OCH3 is 1. The number of hydrogen-bond donors (Lipinski definition) is 1. The van der Waals surface area contributed by atoms with Crippen LogP contribution in [0.1, 0.15) is 38.8 Å². The van der Waals surface area contributed by atoms with Crippen LogP contribution in [0.15, 0.2) is 24.3 Å². The largest absolute Gasteiger partial charge is 0.381 e. The van der Waals surface area contributed by atoms with Gasteiger partial charge in [-0.05, 0) is 31.0 Å². The van der Waals surface area contributed by atoms with Crippen molar-refractivity contribution in [1.29, 1.82) is 0 Å². The van der Waals surface area contributed by atoms with Gasteiger partial charge in [0.25, 0.3) is 0 Å². The van der Waals surface area contributed by atoms with E-state index in [1.165, 1.54) is 11.3 Å². The van der Waals surface area contributed by atoms with Crippen LogP contribution in [-0.4, -0.2) is 33.4 Å². The molecule has 1 N–H and O–H groups in total. The smallest absolute Gasteiger partial charge is 0.0652 e. The summed E-state index contributed by atoms with van der Waals surface area (Å²) in [6.07, 6.45) is 1.48. The molecule has 0 bridgehead atoms. The third-order valence-corrected chi connectivity index (χ3v) is 4.82. The van der Waals surface area contributed by atoms with Crippen LogP contribution in [0.3, 0.4) is 0 Å².